The summed E-state index contributed by atoms with van der Waals surface area (Å²) in [6.45, 7) is 6.07. The Morgan fingerprint density at radius 2 is 2.44 bits per heavy atom. The van der Waals surface area contributed by atoms with Crippen LogP contribution in [0.25, 0.3) is 0 Å². The van der Waals surface area contributed by atoms with Crippen LogP contribution in [0.5, 0.6) is 5.75 Å². The summed E-state index contributed by atoms with van der Waals surface area (Å²) in [5.41, 5.74) is 2.38. The normalized spacial score (nSPS) is 20.0. The quantitative estimate of drug-likeness (QED) is 0.843. The summed E-state index contributed by atoms with van der Waals surface area (Å²) >= 11 is 0. The standard InChI is InChI=1S/C13H20N2O/c1-3-11-7-13(8-15-10(11)2)16-9-12-5-4-6-14-12/h7-8,12,14H,3-6,9H2,1-2H3. The van der Waals surface area contributed by atoms with E-state index in [9.17, 15) is 0 Å². The van der Waals surface area contributed by atoms with Gasteiger partial charge in [0, 0.05) is 11.7 Å². The van der Waals surface area contributed by atoms with Crippen LogP contribution in [-0.2, 0) is 6.42 Å². The van der Waals surface area contributed by atoms with Crippen molar-refractivity contribution in [2.75, 3.05) is 13.2 Å². The van der Waals surface area contributed by atoms with E-state index in [0.717, 1.165) is 31.0 Å². The molecule has 0 bridgehead atoms. The van der Waals surface area contributed by atoms with E-state index in [1.165, 1.54) is 18.4 Å². The highest BCUT2D eigenvalue weighted by Crippen LogP contribution is 2.16. The molecule has 1 aliphatic heterocycles. The average molecular weight is 220 g/mol. The smallest absolute Gasteiger partial charge is 0.137 e. The summed E-state index contributed by atoms with van der Waals surface area (Å²) in [6.07, 6.45) is 5.32. The Labute approximate surface area is 97.2 Å². The molecular weight excluding hydrogens is 200 g/mol. The highest BCUT2D eigenvalue weighted by Gasteiger charge is 2.14. The molecule has 16 heavy (non-hydrogen) atoms. The second kappa shape index (κ2) is 5.30. The van der Waals surface area contributed by atoms with Gasteiger partial charge in [0.15, 0.2) is 0 Å². The molecular formula is C13H20N2O. The fourth-order valence-electron chi connectivity index (χ4n) is 2.09. The Bertz CT molecular complexity index is 346. The van der Waals surface area contributed by atoms with Gasteiger partial charge < -0.3 is 10.1 Å². The van der Waals surface area contributed by atoms with Crippen molar-refractivity contribution in [2.45, 2.75) is 39.2 Å². The summed E-state index contributed by atoms with van der Waals surface area (Å²) in [7, 11) is 0. The fraction of sp³-hybridized carbons (Fsp3) is 0.615. The lowest BCUT2D eigenvalue weighted by molar-refractivity contribution is 0.276. The number of ether oxygens (including phenoxy) is 1. The Morgan fingerprint density at radius 3 is 3.12 bits per heavy atom. The number of hydrogen-bond donors (Lipinski definition) is 1. The molecule has 0 radical (unpaired) electrons. The van der Waals surface area contributed by atoms with Crippen LogP contribution in [0.4, 0.5) is 0 Å². The second-order valence-corrected chi connectivity index (χ2v) is 4.37. The minimum atomic E-state index is 0.520. The van der Waals surface area contributed by atoms with Crippen LogP contribution in [-0.4, -0.2) is 24.2 Å². The van der Waals surface area contributed by atoms with Crippen molar-refractivity contribution in [3.63, 3.8) is 0 Å². The predicted molar refractivity (Wildman–Crippen MR) is 64.9 cm³/mol. The van der Waals surface area contributed by atoms with Gasteiger partial charge in [0.1, 0.15) is 12.4 Å². The van der Waals surface area contributed by atoms with Crippen LogP contribution < -0.4 is 10.1 Å². The highest BCUT2D eigenvalue weighted by atomic mass is 16.5. The molecule has 1 N–H and O–H groups in total. The Balaban J connectivity index is 1.93. The first kappa shape index (κ1) is 11.4. The van der Waals surface area contributed by atoms with E-state index >= 15 is 0 Å². The first-order valence-electron chi connectivity index (χ1n) is 6.11. The maximum absolute atomic E-state index is 5.76. The molecule has 1 saturated heterocycles. The largest absolute Gasteiger partial charge is 0.490 e. The zero-order valence-corrected chi connectivity index (χ0v) is 10.1. The van der Waals surface area contributed by atoms with Crippen LogP contribution >= 0.6 is 0 Å². The second-order valence-electron chi connectivity index (χ2n) is 4.37. The molecule has 0 aromatic carbocycles. The van der Waals surface area contributed by atoms with Gasteiger partial charge in [-0.25, -0.2) is 0 Å². The molecule has 1 aliphatic rings. The molecule has 0 spiro atoms. The fourth-order valence-corrected chi connectivity index (χ4v) is 2.09. The average Bonchev–Trinajstić information content (AvgIpc) is 2.81. The summed E-state index contributed by atoms with van der Waals surface area (Å²) in [6, 6.07) is 2.63. The van der Waals surface area contributed by atoms with E-state index in [1.54, 1.807) is 0 Å². The molecule has 1 fully saturated rings. The molecule has 2 rings (SSSR count). The number of nitrogens with zero attached hydrogens (tertiary/aromatic N) is 1. The van der Waals surface area contributed by atoms with Crippen molar-refractivity contribution >= 4 is 0 Å². The molecule has 0 saturated carbocycles. The number of aryl methyl sites for hydroxylation is 2. The van der Waals surface area contributed by atoms with E-state index in [2.05, 4.69) is 23.3 Å². The van der Waals surface area contributed by atoms with E-state index in [1.807, 2.05) is 13.1 Å². The van der Waals surface area contributed by atoms with E-state index in [4.69, 9.17) is 4.74 Å². The van der Waals surface area contributed by atoms with Crippen LogP contribution in [0, 0.1) is 6.92 Å². The van der Waals surface area contributed by atoms with Gasteiger partial charge in [-0.1, -0.05) is 6.92 Å². The summed E-state index contributed by atoms with van der Waals surface area (Å²) in [4.78, 5) is 4.35. The minimum absolute atomic E-state index is 0.520. The van der Waals surface area contributed by atoms with Crippen molar-refractivity contribution in [3.8, 4) is 5.75 Å². The lowest BCUT2D eigenvalue weighted by Gasteiger charge is -2.13. The molecule has 1 atom stereocenters. The number of pyridine rings is 1. The van der Waals surface area contributed by atoms with Gasteiger partial charge in [0.25, 0.3) is 0 Å². The molecule has 0 amide bonds. The minimum Gasteiger partial charge on any atom is -0.490 e. The molecule has 1 aromatic heterocycles. The molecule has 3 nitrogen and oxygen atoms in total. The van der Waals surface area contributed by atoms with Gasteiger partial charge in [-0.15, -0.1) is 0 Å². The predicted octanol–water partition coefficient (Wildman–Crippen LogP) is 2.08. The van der Waals surface area contributed by atoms with Crippen LogP contribution in [0.15, 0.2) is 12.3 Å². The van der Waals surface area contributed by atoms with Crippen molar-refractivity contribution in [1.29, 1.82) is 0 Å². The molecule has 1 unspecified atom stereocenters. The number of nitrogens with one attached hydrogen (secondary N) is 1. The van der Waals surface area contributed by atoms with Crippen molar-refractivity contribution in [1.82, 2.24) is 10.3 Å². The maximum Gasteiger partial charge on any atom is 0.137 e. The molecule has 0 aliphatic carbocycles. The van der Waals surface area contributed by atoms with Crippen LogP contribution in [0.2, 0.25) is 0 Å². The summed E-state index contributed by atoms with van der Waals surface area (Å²) < 4.78 is 5.76. The third-order valence-corrected chi connectivity index (χ3v) is 3.16. The van der Waals surface area contributed by atoms with Gasteiger partial charge in [0.2, 0.25) is 0 Å². The van der Waals surface area contributed by atoms with Crippen LogP contribution in [0.1, 0.15) is 31.0 Å². The Kier molecular flexibility index (Phi) is 3.78. The zero-order valence-electron chi connectivity index (χ0n) is 10.1. The Hall–Kier alpha value is -1.09. The third kappa shape index (κ3) is 2.73. The monoisotopic (exact) mass is 220 g/mol. The molecule has 88 valence electrons. The first-order valence-corrected chi connectivity index (χ1v) is 6.11. The van der Waals surface area contributed by atoms with E-state index in [-0.39, 0.29) is 0 Å². The SMILES string of the molecule is CCc1cc(OCC2CCCN2)cnc1C. The third-order valence-electron chi connectivity index (χ3n) is 3.16. The van der Waals surface area contributed by atoms with Crippen molar-refractivity contribution in [2.24, 2.45) is 0 Å². The van der Waals surface area contributed by atoms with Gasteiger partial charge in [-0.2, -0.15) is 0 Å². The molecule has 3 heteroatoms. The van der Waals surface area contributed by atoms with Gasteiger partial charge in [-0.3, -0.25) is 4.98 Å². The van der Waals surface area contributed by atoms with Gasteiger partial charge in [-0.05, 0) is 44.4 Å². The van der Waals surface area contributed by atoms with E-state index in [0.29, 0.717) is 6.04 Å². The lowest BCUT2D eigenvalue weighted by Crippen LogP contribution is -2.28. The van der Waals surface area contributed by atoms with Gasteiger partial charge >= 0.3 is 0 Å². The first-order chi connectivity index (χ1) is 7.79. The summed E-state index contributed by atoms with van der Waals surface area (Å²) in [5, 5.41) is 3.42. The highest BCUT2D eigenvalue weighted by molar-refractivity contribution is 5.28. The number of aromatic nitrogens is 1. The van der Waals surface area contributed by atoms with Crippen molar-refractivity contribution < 1.29 is 4.74 Å². The van der Waals surface area contributed by atoms with Crippen molar-refractivity contribution in [3.05, 3.63) is 23.5 Å². The summed E-state index contributed by atoms with van der Waals surface area (Å²) in [5.74, 6) is 0.899. The molecule has 2 heterocycles. The van der Waals surface area contributed by atoms with E-state index < -0.39 is 0 Å². The van der Waals surface area contributed by atoms with Crippen LogP contribution in [0.3, 0.4) is 0 Å². The zero-order chi connectivity index (χ0) is 11.4. The Morgan fingerprint density at radius 1 is 1.56 bits per heavy atom. The maximum atomic E-state index is 5.76. The molecule has 1 aromatic rings. The van der Waals surface area contributed by atoms with Gasteiger partial charge in [0.05, 0.1) is 6.20 Å². The number of hydrogen-bond acceptors (Lipinski definition) is 3. The number of rotatable bonds is 4. The topological polar surface area (TPSA) is 34.1 Å². The lowest BCUT2D eigenvalue weighted by atomic mass is 10.1.